The Morgan fingerprint density at radius 3 is 2.67 bits per heavy atom. The van der Waals surface area contributed by atoms with Crippen LogP contribution < -0.4 is 10.6 Å². The number of benzene rings is 2. The third kappa shape index (κ3) is 5.76. The molecule has 16 heteroatoms. The Hall–Kier alpha value is -3.89. The molecule has 2 aromatic heterocycles. The standard InChI is InChI=1S/C23H18FN5O7S3/c24-13-9-14-15(8-12(13)11-4-2-1-3-5-11)37-21(26-14)18(39(34,35)7-6-25-22(31)32)20-29-28-17(36-20)10-16-19(30)27-23(33)38-16/h1-5,8-9,16,18,25H,6-7,10H2,(H,31,32)(H,27,30,33). The zero-order valence-corrected chi connectivity index (χ0v) is 22.1. The molecule has 0 saturated carbocycles. The second-order valence-corrected chi connectivity index (χ2v) is 12.8. The van der Waals surface area contributed by atoms with E-state index in [4.69, 9.17) is 9.52 Å². The Morgan fingerprint density at radius 1 is 1.21 bits per heavy atom. The second-order valence-electron chi connectivity index (χ2n) is 8.32. The van der Waals surface area contributed by atoms with E-state index in [0.717, 1.165) is 23.1 Å². The van der Waals surface area contributed by atoms with Gasteiger partial charge in [0.2, 0.25) is 17.7 Å². The first-order chi connectivity index (χ1) is 18.6. The number of imide groups is 1. The van der Waals surface area contributed by atoms with Crippen LogP contribution in [0.3, 0.4) is 0 Å². The van der Waals surface area contributed by atoms with E-state index in [1.54, 1.807) is 36.4 Å². The molecular formula is C23H18FN5O7S3. The van der Waals surface area contributed by atoms with E-state index in [1.807, 2.05) is 5.32 Å². The lowest BCUT2D eigenvalue weighted by atomic mass is 10.1. The highest BCUT2D eigenvalue weighted by molar-refractivity contribution is 8.15. The van der Waals surface area contributed by atoms with Crippen LogP contribution in [-0.4, -0.2) is 63.5 Å². The highest BCUT2D eigenvalue weighted by Crippen LogP contribution is 2.38. The molecule has 4 aromatic rings. The zero-order valence-electron chi connectivity index (χ0n) is 19.7. The molecule has 3 heterocycles. The maximum absolute atomic E-state index is 15.0. The van der Waals surface area contributed by atoms with Crippen LogP contribution in [0.15, 0.2) is 46.9 Å². The van der Waals surface area contributed by atoms with Crippen molar-refractivity contribution in [3.63, 3.8) is 0 Å². The van der Waals surface area contributed by atoms with Gasteiger partial charge in [0.1, 0.15) is 16.1 Å². The van der Waals surface area contributed by atoms with Gasteiger partial charge in [-0.05, 0) is 11.6 Å². The summed E-state index contributed by atoms with van der Waals surface area (Å²) in [6.45, 7) is -0.409. The van der Waals surface area contributed by atoms with Crippen molar-refractivity contribution in [1.29, 1.82) is 0 Å². The fourth-order valence-corrected chi connectivity index (χ4v) is 7.63. The average molecular weight is 592 g/mol. The van der Waals surface area contributed by atoms with Crippen molar-refractivity contribution >= 4 is 60.4 Å². The van der Waals surface area contributed by atoms with Crippen molar-refractivity contribution in [2.45, 2.75) is 16.9 Å². The molecule has 202 valence electrons. The minimum Gasteiger partial charge on any atom is -0.465 e. The number of sulfone groups is 1. The summed E-state index contributed by atoms with van der Waals surface area (Å²) in [6, 6.07) is 11.6. The summed E-state index contributed by atoms with van der Waals surface area (Å²) in [5.41, 5.74) is 1.16. The van der Waals surface area contributed by atoms with E-state index < -0.39 is 55.7 Å². The SMILES string of the molecule is O=C(O)NCCS(=O)(=O)C(c1nnc(CC2SC(=O)NC2=O)o1)c1nc2cc(F)c(-c3ccccc3)cc2s1. The van der Waals surface area contributed by atoms with Gasteiger partial charge in [-0.25, -0.2) is 22.6 Å². The molecule has 2 atom stereocenters. The smallest absolute Gasteiger partial charge is 0.404 e. The number of hydrogen-bond acceptors (Lipinski definition) is 11. The van der Waals surface area contributed by atoms with Gasteiger partial charge < -0.3 is 14.8 Å². The van der Waals surface area contributed by atoms with Crippen molar-refractivity contribution in [2.75, 3.05) is 12.3 Å². The van der Waals surface area contributed by atoms with Gasteiger partial charge in [-0.2, -0.15) is 0 Å². The molecule has 12 nitrogen and oxygen atoms in total. The number of carbonyl (C=O) groups excluding carboxylic acids is 2. The summed E-state index contributed by atoms with van der Waals surface area (Å²) < 4.78 is 47.9. The maximum Gasteiger partial charge on any atom is 0.404 e. The number of aromatic nitrogens is 3. The Kier molecular flexibility index (Phi) is 7.33. The number of thioether (sulfide) groups is 1. The van der Waals surface area contributed by atoms with E-state index in [9.17, 15) is 27.2 Å². The normalized spacial score (nSPS) is 16.4. The summed E-state index contributed by atoms with van der Waals surface area (Å²) in [5, 5.41) is 17.8. The van der Waals surface area contributed by atoms with Gasteiger partial charge in [0, 0.05) is 24.6 Å². The number of nitrogens with zero attached hydrogens (tertiary/aromatic N) is 3. The molecule has 0 radical (unpaired) electrons. The number of halogens is 1. The molecule has 3 amide bonds. The van der Waals surface area contributed by atoms with E-state index in [1.165, 1.54) is 6.07 Å². The van der Waals surface area contributed by atoms with Gasteiger partial charge in [0.05, 0.1) is 16.0 Å². The lowest BCUT2D eigenvalue weighted by Crippen LogP contribution is -2.30. The summed E-state index contributed by atoms with van der Waals surface area (Å²) in [4.78, 5) is 38.6. The quantitative estimate of drug-likeness (QED) is 0.260. The minimum absolute atomic E-state index is 0.0169. The van der Waals surface area contributed by atoms with Crippen LogP contribution in [0.4, 0.5) is 14.0 Å². The number of fused-ring (bicyclic) bond motifs is 1. The van der Waals surface area contributed by atoms with Gasteiger partial charge in [-0.15, -0.1) is 21.5 Å². The molecular weight excluding hydrogens is 573 g/mol. The van der Waals surface area contributed by atoms with E-state index >= 15 is 0 Å². The van der Waals surface area contributed by atoms with Crippen molar-refractivity contribution in [3.8, 4) is 11.1 Å². The molecule has 2 unspecified atom stereocenters. The highest BCUT2D eigenvalue weighted by atomic mass is 32.2. The molecule has 0 aliphatic carbocycles. The average Bonchev–Trinajstić information content (AvgIpc) is 3.57. The Labute approximate surface area is 227 Å². The molecule has 1 aliphatic rings. The van der Waals surface area contributed by atoms with Gasteiger partial charge >= 0.3 is 6.09 Å². The first-order valence-corrected chi connectivity index (χ1v) is 14.7. The molecule has 5 rings (SSSR count). The number of carboxylic acid groups (broad SMARTS) is 1. The van der Waals surface area contributed by atoms with Crippen LogP contribution in [0.1, 0.15) is 22.0 Å². The predicted octanol–water partition coefficient (Wildman–Crippen LogP) is 3.15. The van der Waals surface area contributed by atoms with E-state index in [0.29, 0.717) is 15.8 Å². The number of thiazole rings is 1. The van der Waals surface area contributed by atoms with Gasteiger partial charge in [-0.3, -0.25) is 14.9 Å². The molecule has 1 saturated heterocycles. The molecule has 39 heavy (non-hydrogen) atoms. The van der Waals surface area contributed by atoms with Crippen molar-refractivity contribution in [3.05, 3.63) is 65.1 Å². The van der Waals surface area contributed by atoms with Crippen LogP contribution in [0.5, 0.6) is 0 Å². The Balaban J connectivity index is 1.53. The first-order valence-electron chi connectivity index (χ1n) is 11.3. The molecule has 0 spiro atoms. The van der Waals surface area contributed by atoms with Crippen LogP contribution >= 0.6 is 23.1 Å². The molecule has 1 fully saturated rings. The molecule has 2 aromatic carbocycles. The summed E-state index contributed by atoms with van der Waals surface area (Å²) in [5.74, 6) is -2.11. The van der Waals surface area contributed by atoms with Crippen molar-refractivity contribution < 1.29 is 36.7 Å². The second kappa shape index (κ2) is 10.7. The highest BCUT2D eigenvalue weighted by Gasteiger charge is 2.38. The third-order valence-corrected chi connectivity index (χ3v) is 9.79. The third-order valence-electron chi connectivity index (χ3n) is 5.66. The topological polar surface area (TPSA) is 181 Å². The van der Waals surface area contributed by atoms with Gasteiger partial charge in [0.25, 0.3) is 5.24 Å². The Morgan fingerprint density at radius 2 is 1.97 bits per heavy atom. The lowest BCUT2D eigenvalue weighted by Gasteiger charge is -2.12. The van der Waals surface area contributed by atoms with Crippen LogP contribution in [-0.2, 0) is 21.1 Å². The van der Waals surface area contributed by atoms with Crippen LogP contribution in [0.25, 0.3) is 21.3 Å². The summed E-state index contributed by atoms with van der Waals surface area (Å²) >= 11 is 1.74. The number of carbonyl (C=O) groups is 3. The maximum atomic E-state index is 15.0. The van der Waals surface area contributed by atoms with Crippen molar-refractivity contribution in [2.24, 2.45) is 0 Å². The van der Waals surface area contributed by atoms with E-state index in [-0.39, 0.29) is 28.7 Å². The number of nitrogens with one attached hydrogen (secondary N) is 2. The Bertz CT molecular complexity index is 1690. The number of rotatable bonds is 9. The summed E-state index contributed by atoms with van der Waals surface area (Å²) in [6.07, 6.45) is -1.51. The fourth-order valence-electron chi connectivity index (χ4n) is 3.89. The van der Waals surface area contributed by atoms with Crippen LogP contribution in [0.2, 0.25) is 0 Å². The number of amides is 3. The predicted molar refractivity (Wildman–Crippen MR) is 140 cm³/mol. The number of hydrogen-bond donors (Lipinski definition) is 3. The van der Waals surface area contributed by atoms with Gasteiger partial charge in [-0.1, -0.05) is 42.1 Å². The first kappa shape index (κ1) is 26.7. The minimum atomic E-state index is -4.18. The largest absolute Gasteiger partial charge is 0.465 e. The molecule has 0 bridgehead atoms. The van der Waals surface area contributed by atoms with Crippen LogP contribution in [0, 0.1) is 5.82 Å². The van der Waals surface area contributed by atoms with Gasteiger partial charge in [0.15, 0.2) is 15.1 Å². The summed E-state index contributed by atoms with van der Waals surface area (Å²) in [7, 11) is -4.18. The fraction of sp³-hybridized carbons (Fsp3) is 0.217. The molecule has 3 N–H and O–H groups in total. The van der Waals surface area contributed by atoms with Crippen molar-refractivity contribution in [1.82, 2.24) is 25.8 Å². The zero-order chi connectivity index (χ0) is 27.7. The lowest BCUT2D eigenvalue weighted by molar-refractivity contribution is -0.119. The molecule has 1 aliphatic heterocycles. The van der Waals surface area contributed by atoms with E-state index in [2.05, 4.69) is 20.5 Å². The monoisotopic (exact) mass is 591 g/mol.